The molecular weight excluding hydrogens is 366 g/mol. The highest BCUT2D eigenvalue weighted by atomic mass is 32.2. The van der Waals surface area contributed by atoms with Crippen LogP contribution in [0.25, 0.3) is 10.2 Å². The molecule has 0 N–H and O–H groups in total. The first kappa shape index (κ1) is 18.0. The average Bonchev–Trinajstić information content (AvgIpc) is 3.28. The molecule has 2 aromatic rings. The molecule has 1 unspecified atom stereocenters. The minimum absolute atomic E-state index is 0.104. The fourth-order valence-corrected chi connectivity index (χ4v) is 6.05. The molecule has 2 aliphatic rings. The van der Waals surface area contributed by atoms with Crippen LogP contribution >= 0.6 is 23.1 Å². The zero-order valence-electron chi connectivity index (χ0n) is 14.8. The maximum atomic E-state index is 13.4. The Morgan fingerprint density at radius 2 is 2.23 bits per heavy atom. The summed E-state index contributed by atoms with van der Waals surface area (Å²) >= 11 is 3.30. The Morgan fingerprint density at radius 1 is 1.35 bits per heavy atom. The molecule has 1 aliphatic carbocycles. The molecule has 1 aliphatic heterocycles. The number of unbranched alkanes of at least 4 members (excludes halogenated alkanes) is 1. The number of rotatable bonds is 6. The standard InChI is InChI=1S/C19H23N3O2S2/c20-9-3-4-11-25-19-21-17-16(14-7-1-2-8-15(14)26-17)18(23)22(19)12-13-6-5-10-24-13/h13H,1-8,10-12H2. The van der Waals surface area contributed by atoms with Crippen molar-refractivity contribution in [3.05, 3.63) is 20.8 Å². The van der Waals surface area contributed by atoms with Crippen molar-refractivity contribution in [3.8, 4) is 6.07 Å². The number of nitrogens with zero attached hydrogens (tertiary/aromatic N) is 3. The molecule has 26 heavy (non-hydrogen) atoms. The fraction of sp³-hybridized carbons (Fsp3) is 0.632. The van der Waals surface area contributed by atoms with E-state index in [2.05, 4.69) is 6.07 Å². The van der Waals surface area contributed by atoms with Gasteiger partial charge in [0, 0.05) is 23.7 Å². The van der Waals surface area contributed by atoms with Gasteiger partial charge in [0.05, 0.1) is 24.1 Å². The molecule has 0 bridgehead atoms. The highest BCUT2D eigenvalue weighted by Crippen LogP contribution is 2.35. The molecule has 138 valence electrons. The van der Waals surface area contributed by atoms with Gasteiger partial charge in [0.15, 0.2) is 5.16 Å². The largest absolute Gasteiger partial charge is 0.376 e. The summed E-state index contributed by atoms with van der Waals surface area (Å²) in [4.78, 5) is 20.5. The lowest BCUT2D eigenvalue weighted by Gasteiger charge is -2.16. The molecular formula is C19H23N3O2S2. The van der Waals surface area contributed by atoms with Crippen LogP contribution in [0.1, 0.15) is 49.0 Å². The van der Waals surface area contributed by atoms with E-state index in [1.165, 1.54) is 16.9 Å². The van der Waals surface area contributed by atoms with E-state index in [0.717, 1.165) is 66.3 Å². The predicted octanol–water partition coefficient (Wildman–Crippen LogP) is 3.91. The summed E-state index contributed by atoms with van der Waals surface area (Å²) < 4.78 is 7.62. The molecule has 0 aromatic carbocycles. The van der Waals surface area contributed by atoms with Crippen LogP contribution in [0.3, 0.4) is 0 Å². The van der Waals surface area contributed by atoms with Crippen molar-refractivity contribution in [3.63, 3.8) is 0 Å². The van der Waals surface area contributed by atoms with Gasteiger partial charge >= 0.3 is 0 Å². The van der Waals surface area contributed by atoms with Gasteiger partial charge in [-0.1, -0.05) is 11.8 Å². The summed E-state index contributed by atoms with van der Waals surface area (Å²) in [5, 5.41) is 10.4. The van der Waals surface area contributed by atoms with E-state index in [-0.39, 0.29) is 11.7 Å². The van der Waals surface area contributed by atoms with Gasteiger partial charge in [-0.15, -0.1) is 11.3 Å². The second-order valence-corrected chi connectivity index (χ2v) is 9.09. The SMILES string of the molecule is N#CCCCSc1nc2sc3c(c2c(=O)n1CC1CCCO1)CCCC3. The zero-order valence-corrected chi connectivity index (χ0v) is 16.5. The lowest BCUT2D eigenvalue weighted by Crippen LogP contribution is -2.29. The zero-order chi connectivity index (χ0) is 17.9. The first-order valence-corrected chi connectivity index (χ1v) is 11.2. The van der Waals surface area contributed by atoms with Crippen molar-refractivity contribution in [2.24, 2.45) is 0 Å². The lowest BCUT2D eigenvalue weighted by molar-refractivity contribution is 0.0937. The number of nitriles is 1. The van der Waals surface area contributed by atoms with Gasteiger partial charge < -0.3 is 4.74 Å². The summed E-state index contributed by atoms with van der Waals surface area (Å²) in [7, 11) is 0. The van der Waals surface area contributed by atoms with Gasteiger partial charge in [-0.2, -0.15) is 5.26 Å². The van der Waals surface area contributed by atoms with Gasteiger partial charge in [-0.05, 0) is 50.5 Å². The quantitative estimate of drug-likeness (QED) is 0.426. The van der Waals surface area contributed by atoms with Crippen LogP contribution in [0.5, 0.6) is 0 Å². The van der Waals surface area contributed by atoms with Crippen LogP contribution < -0.4 is 5.56 Å². The second-order valence-electron chi connectivity index (χ2n) is 6.95. The third-order valence-corrected chi connectivity index (χ3v) is 7.36. The summed E-state index contributed by atoms with van der Waals surface area (Å²) in [6, 6.07) is 2.18. The van der Waals surface area contributed by atoms with E-state index in [9.17, 15) is 4.79 Å². The number of aromatic nitrogens is 2. The number of fused-ring (bicyclic) bond motifs is 3. The number of hydrogen-bond acceptors (Lipinski definition) is 6. The lowest BCUT2D eigenvalue weighted by atomic mass is 9.97. The van der Waals surface area contributed by atoms with Gasteiger partial charge in [0.25, 0.3) is 5.56 Å². The highest BCUT2D eigenvalue weighted by Gasteiger charge is 2.24. The Labute approximate surface area is 161 Å². The van der Waals surface area contributed by atoms with E-state index >= 15 is 0 Å². The van der Waals surface area contributed by atoms with Crippen LogP contribution in [-0.4, -0.2) is 28.0 Å². The summed E-state index contributed by atoms with van der Waals surface area (Å²) in [6.07, 6.45) is 7.98. The average molecular weight is 390 g/mol. The molecule has 1 saturated heterocycles. The van der Waals surface area contributed by atoms with Crippen LogP contribution in [0.2, 0.25) is 0 Å². The molecule has 0 amide bonds. The number of aryl methyl sites for hydroxylation is 2. The van der Waals surface area contributed by atoms with E-state index in [1.54, 1.807) is 23.1 Å². The Balaban J connectivity index is 1.73. The molecule has 5 nitrogen and oxygen atoms in total. The number of thioether (sulfide) groups is 1. The molecule has 4 rings (SSSR count). The Hall–Kier alpha value is -1.36. The third kappa shape index (κ3) is 3.55. The highest BCUT2D eigenvalue weighted by molar-refractivity contribution is 7.99. The Bertz CT molecular complexity index is 891. The Kier molecular flexibility index (Phi) is 5.63. The topological polar surface area (TPSA) is 67.9 Å². The van der Waals surface area contributed by atoms with Crippen LogP contribution in [0.4, 0.5) is 0 Å². The van der Waals surface area contributed by atoms with Gasteiger partial charge in [0.1, 0.15) is 4.83 Å². The maximum absolute atomic E-state index is 13.4. The number of hydrogen-bond donors (Lipinski definition) is 0. The molecule has 1 fully saturated rings. The van der Waals surface area contributed by atoms with Crippen molar-refractivity contribution < 1.29 is 4.74 Å². The molecule has 0 saturated carbocycles. The van der Waals surface area contributed by atoms with E-state index in [1.807, 2.05) is 4.57 Å². The molecule has 2 aromatic heterocycles. The molecule has 3 heterocycles. The van der Waals surface area contributed by atoms with Crippen molar-refractivity contribution in [2.45, 2.75) is 69.2 Å². The van der Waals surface area contributed by atoms with Crippen molar-refractivity contribution >= 4 is 33.3 Å². The maximum Gasteiger partial charge on any atom is 0.263 e. The van der Waals surface area contributed by atoms with Crippen molar-refractivity contribution in [2.75, 3.05) is 12.4 Å². The second kappa shape index (κ2) is 8.12. The van der Waals surface area contributed by atoms with E-state index in [4.69, 9.17) is 15.0 Å². The monoisotopic (exact) mass is 389 g/mol. The van der Waals surface area contributed by atoms with Gasteiger partial charge in [-0.25, -0.2) is 4.98 Å². The molecule has 0 spiro atoms. The minimum atomic E-state index is 0.104. The third-order valence-electron chi connectivity index (χ3n) is 5.11. The van der Waals surface area contributed by atoms with Crippen LogP contribution in [0.15, 0.2) is 9.95 Å². The minimum Gasteiger partial charge on any atom is -0.376 e. The summed E-state index contributed by atoms with van der Waals surface area (Å²) in [5.41, 5.74) is 1.35. The van der Waals surface area contributed by atoms with Crippen molar-refractivity contribution in [1.82, 2.24) is 9.55 Å². The van der Waals surface area contributed by atoms with Gasteiger partial charge in [-0.3, -0.25) is 9.36 Å². The van der Waals surface area contributed by atoms with E-state index < -0.39 is 0 Å². The smallest absolute Gasteiger partial charge is 0.263 e. The summed E-state index contributed by atoms with van der Waals surface area (Å²) in [5.74, 6) is 0.808. The molecule has 7 heteroatoms. The predicted molar refractivity (Wildman–Crippen MR) is 105 cm³/mol. The Morgan fingerprint density at radius 3 is 3.04 bits per heavy atom. The van der Waals surface area contributed by atoms with Gasteiger partial charge in [0.2, 0.25) is 0 Å². The van der Waals surface area contributed by atoms with Crippen LogP contribution in [0, 0.1) is 11.3 Å². The van der Waals surface area contributed by atoms with E-state index in [0.29, 0.717) is 13.0 Å². The molecule has 0 radical (unpaired) electrons. The molecule has 1 atom stereocenters. The first-order chi connectivity index (χ1) is 12.8. The van der Waals surface area contributed by atoms with Crippen molar-refractivity contribution in [1.29, 1.82) is 5.26 Å². The summed E-state index contributed by atoms with van der Waals surface area (Å²) in [6.45, 7) is 1.38. The first-order valence-electron chi connectivity index (χ1n) is 9.44. The van der Waals surface area contributed by atoms with Crippen LogP contribution in [-0.2, 0) is 24.1 Å². The fourth-order valence-electron chi connectivity index (χ4n) is 3.80. The number of thiophene rings is 1. The normalized spacial score (nSPS) is 19.6. The number of ether oxygens (including phenoxy) is 1.